The Balaban J connectivity index is 1.83. The summed E-state index contributed by atoms with van der Waals surface area (Å²) in [4.78, 5) is 0. The summed E-state index contributed by atoms with van der Waals surface area (Å²) in [6, 6.07) is 14.0. The maximum atomic E-state index is 13.9. The van der Waals surface area contributed by atoms with Crippen LogP contribution in [0.25, 0.3) is 0 Å². The number of nitrogens with one attached hydrogen (secondary N) is 1. The molecule has 0 atom stereocenters. The van der Waals surface area contributed by atoms with Crippen molar-refractivity contribution in [3.05, 3.63) is 69.9 Å². The summed E-state index contributed by atoms with van der Waals surface area (Å²) in [5, 5.41) is 0. The van der Waals surface area contributed by atoms with E-state index in [0.29, 0.717) is 4.47 Å². The molecule has 0 heterocycles. The van der Waals surface area contributed by atoms with Crippen molar-refractivity contribution in [2.24, 2.45) is 0 Å². The maximum absolute atomic E-state index is 13.9. The van der Waals surface area contributed by atoms with E-state index in [1.807, 2.05) is 30.3 Å². The number of benzene rings is 2. The third kappa shape index (κ3) is 3.65. The zero-order valence-corrected chi connectivity index (χ0v) is 14.8. The molecular formula is C17H17BrFNO2S. The summed E-state index contributed by atoms with van der Waals surface area (Å²) in [6.45, 7) is 0. The van der Waals surface area contributed by atoms with Gasteiger partial charge in [0.25, 0.3) is 0 Å². The van der Waals surface area contributed by atoms with Crippen LogP contribution in [0.2, 0.25) is 0 Å². The van der Waals surface area contributed by atoms with Gasteiger partial charge in [-0.1, -0.05) is 52.3 Å². The topological polar surface area (TPSA) is 46.2 Å². The second kappa shape index (κ2) is 6.34. The fourth-order valence-corrected chi connectivity index (χ4v) is 4.88. The van der Waals surface area contributed by atoms with Gasteiger partial charge in [-0.15, -0.1) is 0 Å². The van der Waals surface area contributed by atoms with Crippen LogP contribution in [0.3, 0.4) is 0 Å². The lowest BCUT2D eigenvalue weighted by atomic mass is 9.73. The molecule has 0 bridgehead atoms. The van der Waals surface area contributed by atoms with Gasteiger partial charge in [-0.3, -0.25) is 0 Å². The van der Waals surface area contributed by atoms with E-state index in [1.165, 1.54) is 12.1 Å². The highest BCUT2D eigenvalue weighted by Gasteiger charge is 2.41. The van der Waals surface area contributed by atoms with Crippen LogP contribution in [0.5, 0.6) is 0 Å². The molecule has 0 radical (unpaired) electrons. The van der Waals surface area contributed by atoms with Gasteiger partial charge in [-0.05, 0) is 37.0 Å². The van der Waals surface area contributed by atoms with Gasteiger partial charge in [-0.25, -0.2) is 17.5 Å². The zero-order chi connectivity index (χ0) is 16.5. The van der Waals surface area contributed by atoms with Crippen LogP contribution in [0.15, 0.2) is 53.0 Å². The Morgan fingerprint density at radius 1 is 1.13 bits per heavy atom. The summed E-state index contributed by atoms with van der Waals surface area (Å²) >= 11 is 3.17. The van der Waals surface area contributed by atoms with Crippen molar-refractivity contribution in [1.29, 1.82) is 0 Å². The Hall–Kier alpha value is -1.24. The zero-order valence-electron chi connectivity index (χ0n) is 12.4. The molecule has 122 valence electrons. The number of sulfonamides is 1. The first-order valence-corrected chi connectivity index (χ1v) is 9.86. The van der Waals surface area contributed by atoms with E-state index in [2.05, 4.69) is 20.7 Å². The molecule has 23 heavy (non-hydrogen) atoms. The van der Waals surface area contributed by atoms with Gasteiger partial charge >= 0.3 is 0 Å². The molecule has 3 rings (SSSR count). The smallest absolute Gasteiger partial charge is 0.212 e. The van der Waals surface area contributed by atoms with Crippen molar-refractivity contribution in [3.63, 3.8) is 0 Å². The first-order chi connectivity index (χ1) is 10.9. The van der Waals surface area contributed by atoms with Crippen molar-refractivity contribution >= 4 is 26.0 Å². The standard InChI is InChI=1S/C17H17BrFNO2S/c18-15-8-7-13(16(19)11-15)12-23(21,22)20-17(9-4-10-17)14-5-2-1-3-6-14/h1-3,5-8,11,20H,4,9-10,12H2. The number of halogens is 2. The molecule has 6 heteroatoms. The van der Waals surface area contributed by atoms with E-state index < -0.39 is 21.4 Å². The van der Waals surface area contributed by atoms with Crippen LogP contribution in [0.1, 0.15) is 30.4 Å². The van der Waals surface area contributed by atoms with Crippen LogP contribution in [0.4, 0.5) is 4.39 Å². The lowest BCUT2D eigenvalue weighted by Gasteiger charge is -2.42. The summed E-state index contributed by atoms with van der Waals surface area (Å²) in [5.74, 6) is -0.882. The summed E-state index contributed by atoms with van der Waals surface area (Å²) < 4.78 is 42.4. The lowest BCUT2D eigenvalue weighted by Crippen LogP contribution is -2.51. The van der Waals surface area contributed by atoms with Gasteiger partial charge in [0.15, 0.2) is 0 Å². The van der Waals surface area contributed by atoms with E-state index in [4.69, 9.17) is 0 Å². The minimum Gasteiger partial charge on any atom is -0.212 e. The Labute approximate surface area is 144 Å². The Bertz CT molecular complexity index is 805. The van der Waals surface area contributed by atoms with E-state index >= 15 is 0 Å². The van der Waals surface area contributed by atoms with E-state index in [9.17, 15) is 12.8 Å². The highest BCUT2D eigenvalue weighted by Crippen LogP contribution is 2.42. The normalized spacial score (nSPS) is 16.8. The molecule has 0 aliphatic heterocycles. The Kier molecular flexibility index (Phi) is 4.58. The molecule has 0 amide bonds. The van der Waals surface area contributed by atoms with Crippen LogP contribution in [-0.4, -0.2) is 8.42 Å². The highest BCUT2D eigenvalue weighted by molar-refractivity contribution is 9.10. The van der Waals surface area contributed by atoms with Crippen molar-refractivity contribution in [2.75, 3.05) is 0 Å². The molecule has 1 aliphatic rings. The second-order valence-corrected chi connectivity index (χ2v) is 8.54. The summed E-state index contributed by atoms with van der Waals surface area (Å²) in [6.07, 6.45) is 2.50. The second-order valence-electron chi connectivity index (χ2n) is 5.90. The molecule has 2 aromatic carbocycles. The minimum absolute atomic E-state index is 0.170. The number of hydrogen-bond donors (Lipinski definition) is 1. The molecule has 1 aliphatic carbocycles. The predicted molar refractivity (Wildman–Crippen MR) is 91.8 cm³/mol. The van der Waals surface area contributed by atoms with Gasteiger partial charge in [0.1, 0.15) is 5.82 Å². The molecule has 0 spiro atoms. The van der Waals surface area contributed by atoms with Crippen LogP contribution in [-0.2, 0) is 21.3 Å². The maximum Gasteiger partial charge on any atom is 0.216 e. The van der Waals surface area contributed by atoms with Crippen LogP contribution in [0, 0.1) is 5.82 Å². The van der Waals surface area contributed by atoms with Gasteiger partial charge < -0.3 is 0 Å². The number of rotatable bonds is 5. The van der Waals surface area contributed by atoms with Gasteiger partial charge in [0, 0.05) is 10.0 Å². The van der Waals surface area contributed by atoms with Crippen LogP contribution < -0.4 is 4.72 Å². The molecule has 3 nitrogen and oxygen atoms in total. The molecule has 0 unspecified atom stereocenters. The third-order valence-corrected chi connectivity index (χ3v) is 6.13. The first kappa shape index (κ1) is 16.6. The Morgan fingerprint density at radius 3 is 2.39 bits per heavy atom. The first-order valence-electron chi connectivity index (χ1n) is 7.41. The van der Waals surface area contributed by atoms with Gasteiger partial charge in [0.05, 0.1) is 11.3 Å². The van der Waals surface area contributed by atoms with Crippen molar-refractivity contribution in [2.45, 2.75) is 30.6 Å². The van der Waals surface area contributed by atoms with E-state index in [1.54, 1.807) is 6.07 Å². The van der Waals surface area contributed by atoms with Crippen LogP contribution >= 0.6 is 15.9 Å². The molecule has 1 N–H and O–H groups in total. The predicted octanol–water partition coefficient (Wildman–Crippen LogP) is 4.09. The third-order valence-electron chi connectivity index (χ3n) is 4.24. The van der Waals surface area contributed by atoms with Crippen molar-refractivity contribution in [1.82, 2.24) is 4.72 Å². The largest absolute Gasteiger partial charge is 0.216 e. The minimum atomic E-state index is -3.64. The fourth-order valence-electron chi connectivity index (χ4n) is 2.91. The van der Waals surface area contributed by atoms with E-state index in [-0.39, 0.29) is 11.3 Å². The molecule has 0 saturated heterocycles. The van der Waals surface area contributed by atoms with Crippen molar-refractivity contribution < 1.29 is 12.8 Å². The van der Waals surface area contributed by atoms with Gasteiger partial charge in [-0.2, -0.15) is 0 Å². The highest BCUT2D eigenvalue weighted by atomic mass is 79.9. The van der Waals surface area contributed by atoms with Crippen molar-refractivity contribution in [3.8, 4) is 0 Å². The fraction of sp³-hybridized carbons (Fsp3) is 0.294. The number of hydrogen-bond acceptors (Lipinski definition) is 2. The van der Waals surface area contributed by atoms with Gasteiger partial charge in [0.2, 0.25) is 10.0 Å². The molecule has 1 saturated carbocycles. The Morgan fingerprint density at radius 2 is 1.83 bits per heavy atom. The molecular weight excluding hydrogens is 381 g/mol. The lowest BCUT2D eigenvalue weighted by molar-refractivity contribution is 0.224. The summed E-state index contributed by atoms with van der Waals surface area (Å²) in [5.41, 5.74) is 0.584. The van der Waals surface area contributed by atoms with E-state index in [0.717, 1.165) is 24.8 Å². The quantitative estimate of drug-likeness (QED) is 0.825. The molecule has 1 fully saturated rings. The monoisotopic (exact) mass is 397 g/mol. The molecule has 2 aromatic rings. The average Bonchev–Trinajstić information content (AvgIpc) is 2.47. The summed E-state index contributed by atoms with van der Waals surface area (Å²) in [7, 11) is -3.64. The SMILES string of the molecule is O=S(=O)(Cc1ccc(Br)cc1F)NC1(c2ccccc2)CCC1. The average molecular weight is 398 g/mol. The molecule has 0 aromatic heterocycles.